The van der Waals surface area contributed by atoms with Gasteiger partial charge in [0.1, 0.15) is 0 Å². The third-order valence-corrected chi connectivity index (χ3v) is 4.52. The number of nitrogens with zero attached hydrogens (tertiary/aromatic N) is 1. The monoisotopic (exact) mass is 374 g/mol. The number of allylic oxidation sites excluding steroid dienone is 2. The molecule has 0 bridgehead atoms. The number of anilines is 1. The lowest BCUT2D eigenvalue weighted by Gasteiger charge is -2.19. The number of hydrogen-bond acceptors (Lipinski definition) is 3. The van der Waals surface area contributed by atoms with Gasteiger partial charge in [0.25, 0.3) is 5.91 Å². The van der Waals surface area contributed by atoms with Crippen LogP contribution in [0.4, 0.5) is 18.9 Å². The van der Waals surface area contributed by atoms with Gasteiger partial charge in [0, 0.05) is 0 Å². The van der Waals surface area contributed by atoms with Crippen molar-refractivity contribution in [1.82, 2.24) is 0 Å². The van der Waals surface area contributed by atoms with Gasteiger partial charge in [0.2, 0.25) is 0 Å². The molecule has 0 aromatic heterocycles. The first-order chi connectivity index (χ1) is 12.4. The van der Waals surface area contributed by atoms with Crippen molar-refractivity contribution in [3.05, 3.63) is 82.8 Å². The normalized spacial score (nSPS) is 16.9. The molecule has 2 aromatic carbocycles. The van der Waals surface area contributed by atoms with Gasteiger partial charge in [-0.3, -0.25) is 15.1 Å². The lowest BCUT2D eigenvalue weighted by Crippen LogP contribution is -2.30. The molecule has 0 spiro atoms. The first-order valence-corrected chi connectivity index (χ1v) is 8.40. The molecule has 7 heteroatoms. The van der Waals surface area contributed by atoms with Crippen molar-refractivity contribution in [3.8, 4) is 0 Å². The van der Waals surface area contributed by atoms with Crippen molar-refractivity contribution >= 4 is 34.6 Å². The summed E-state index contributed by atoms with van der Waals surface area (Å²) in [6.07, 6.45) is 0.311. The lowest BCUT2D eigenvalue weighted by atomic mass is 10.1. The lowest BCUT2D eigenvalue weighted by molar-refractivity contribution is -0.137. The van der Waals surface area contributed by atoms with E-state index in [1.807, 2.05) is 30.3 Å². The molecular weight excluding hydrogens is 361 g/mol. The van der Waals surface area contributed by atoms with Crippen LogP contribution in [-0.2, 0) is 11.0 Å². The molecule has 0 unspecified atom stereocenters. The van der Waals surface area contributed by atoms with E-state index in [-0.39, 0.29) is 15.8 Å². The third kappa shape index (κ3) is 3.72. The molecule has 0 radical (unpaired) electrons. The minimum Gasteiger partial charge on any atom is -0.278 e. The highest BCUT2D eigenvalue weighted by molar-refractivity contribution is 8.19. The summed E-state index contributed by atoms with van der Waals surface area (Å²) in [5, 5.41) is 7.68. The highest BCUT2D eigenvalue weighted by Gasteiger charge is 2.40. The summed E-state index contributed by atoms with van der Waals surface area (Å²) in [6.45, 7) is 0. The number of benzene rings is 2. The molecule has 1 amide bonds. The maximum absolute atomic E-state index is 13.2. The van der Waals surface area contributed by atoms with Gasteiger partial charge >= 0.3 is 6.18 Å². The van der Waals surface area contributed by atoms with Crippen LogP contribution in [0.25, 0.3) is 6.08 Å². The van der Waals surface area contributed by atoms with Crippen molar-refractivity contribution in [2.24, 2.45) is 0 Å². The Hall–Kier alpha value is -2.80. The van der Waals surface area contributed by atoms with Gasteiger partial charge in [0.15, 0.2) is 5.17 Å². The van der Waals surface area contributed by atoms with Crippen LogP contribution in [0, 0.1) is 5.41 Å². The Morgan fingerprint density at radius 3 is 2.35 bits per heavy atom. The van der Waals surface area contributed by atoms with Crippen LogP contribution in [0.2, 0.25) is 0 Å². The number of carbonyl (C=O) groups is 1. The van der Waals surface area contributed by atoms with Gasteiger partial charge < -0.3 is 0 Å². The van der Waals surface area contributed by atoms with Crippen LogP contribution in [-0.4, -0.2) is 11.1 Å². The van der Waals surface area contributed by atoms with Crippen molar-refractivity contribution in [2.75, 3.05) is 4.90 Å². The maximum Gasteiger partial charge on any atom is 0.418 e. The van der Waals surface area contributed by atoms with Gasteiger partial charge in [-0.2, -0.15) is 13.2 Å². The molecule has 1 aliphatic heterocycles. The van der Waals surface area contributed by atoms with Gasteiger partial charge in [-0.05, 0) is 35.5 Å². The van der Waals surface area contributed by atoms with Crippen LogP contribution < -0.4 is 4.90 Å². The van der Waals surface area contributed by atoms with Gasteiger partial charge in [-0.25, -0.2) is 0 Å². The molecule has 3 rings (SSSR count). The molecule has 132 valence electrons. The fourth-order valence-electron chi connectivity index (χ4n) is 2.44. The Balaban J connectivity index is 1.89. The fourth-order valence-corrected chi connectivity index (χ4v) is 3.25. The molecule has 1 fully saturated rings. The van der Waals surface area contributed by atoms with E-state index in [4.69, 9.17) is 5.41 Å². The van der Waals surface area contributed by atoms with Crippen LogP contribution in [0.1, 0.15) is 11.1 Å². The number of para-hydroxylation sites is 1. The van der Waals surface area contributed by atoms with E-state index >= 15 is 0 Å². The predicted octanol–water partition coefficient (Wildman–Crippen LogP) is 5.32. The zero-order chi connectivity index (χ0) is 18.7. The van der Waals surface area contributed by atoms with E-state index in [9.17, 15) is 18.0 Å². The average molecular weight is 374 g/mol. The number of carbonyl (C=O) groups excluding carboxylic acids is 1. The summed E-state index contributed by atoms with van der Waals surface area (Å²) in [6, 6.07) is 14.1. The quantitative estimate of drug-likeness (QED) is 0.739. The molecule has 1 saturated heterocycles. The number of hydrogen-bond donors (Lipinski definition) is 1. The summed E-state index contributed by atoms with van der Waals surface area (Å²) in [5.41, 5.74) is -0.355. The maximum atomic E-state index is 13.2. The van der Waals surface area contributed by atoms with Crippen LogP contribution in [0.5, 0.6) is 0 Å². The van der Waals surface area contributed by atoms with E-state index in [1.165, 1.54) is 24.3 Å². The van der Waals surface area contributed by atoms with E-state index in [0.29, 0.717) is 0 Å². The highest BCUT2D eigenvalue weighted by atomic mass is 32.2. The van der Waals surface area contributed by atoms with Crippen LogP contribution >= 0.6 is 11.8 Å². The number of thioether (sulfide) groups is 1. The van der Waals surface area contributed by atoms with Gasteiger partial charge in [-0.15, -0.1) is 0 Å². The molecule has 26 heavy (non-hydrogen) atoms. The van der Waals surface area contributed by atoms with Crippen molar-refractivity contribution < 1.29 is 18.0 Å². The SMILES string of the molecule is N=C1S/C(=C\C=C\c2ccccc2)C(=O)N1c1ccccc1C(F)(F)F. The Labute approximate surface area is 152 Å². The minimum atomic E-state index is -4.61. The Morgan fingerprint density at radius 1 is 1.00 bits per heavy atom. The van der Waals surface area contributed by atoms with E-state index in [2.05, 4.69) is 0 Å². The second-order valence-corrected chi connectivity index (χ2v) is 6.39. The van der Waals surface area contributed by atoms with Crippen LogP contribution in [0.3, 0.4) is 0 Å². The molecule has 0 aliphatic carbocycles. The molecule has 1 aliphatic rings. The third-order valence-electron chi connectivity index (χ3n) is 3.61. The molecule has 0 atom stereocenters. The summed E-state index contributed by atoms with van der Waals surface area (Å²) < 4.78 is 39.6. The summed E-state index contributed by atoms with van der Waals surface area (Å²) in [4.78, 5) is 13.5. The van der Waals surface area contributed by atoms with Crippen molar-refractivity contribution in [3.63, 3.8) is 0 Å². The number of rotatable bonds is 3. The van der Waals surface area contributed by atoms with E-state index < -0.39 is 17.6 Å². The molecular formula is C19H13F3N2OS. The fraction of sp³-hybridized carbons (Fsp3) is 0.0526. The topological polar surface area (TPSA) is 44.2 Å². The van der Waals surface area contributed by atoms with Crippen molar-refractivity contribution in [2.45, 2.75) is 6.18 Å². The van der Waals surface area contributed by atoms with Gasteiger partial charge in [-0.1, -0.05) is 54.6 Å². The summed E-state index contributed by atoms with van der Waals surface area (Å²) in [7, 11) is 0. The molecule has 1 heterocycles. The molecule has 2 aromatic rings. The van der Waals surface area contributed by atoms with Crippen molar-refractivity contribution in [1.29, 1.82) is 5.41 Å². The number of halogens is 3. The number of amides is 1. The zero-order valence-corrected chi connectivity index (χ0v) is 14.1. The molecule has 1 N–H and O–H groups in total. The Kier molecular flexibility index (Phi) is 4.99. The standard InChI is InChI=1S/C19H13F3N2OS/c20-19(21,22)14-10-4-5-11-15(14)24-17(25)16(26-18(24)23)12-6-9-13-7-2-1-3-8-13/h1-12,23H/b9-6+,16-12-,23-18?. The first-order valence-electron chi connectivity index (χ1n) is 7.58. The Bertz CT molecular complexity index is 905. The van der Waals surface area contributed by atoms with E-state index in [0.717, 1.165) is 28.3 Å². The minimum absolute atomic E-state index is 0.194. The Morgan fingerprint density at radius 2 is 1.65 bits per heavy atom. The average Bonchev–Trinajstić information content (AvgIpc) is 2.89. The summed E-state index contributed by atoms with van der Waals surface area (Å²) in [5.74, 6) is -0.644. The zero-order valence-electron chi connectivity index (χ0n) is 13.3. The second-order valence-electron chi connectivity index (χ2n) is 5.36. The second kappa shape index (κ2) is 7.21. The largest absolute Gasteiger partial charge is 0.418 e. The van der Waals surface area contributed by atoms with Gasteiger partial charge in [0.05, 0.1) is 16.2 Å². The van der Waals surface area contributed by atoms with Crippen LogP contribution in [0.15, 0.2) is 71.7 Å². The smallest absolute Gasteiger partial charge is 0.278 e. The summed E-state index contributed by atoms with van der Waals surface area (Å²) >= 11 is 0.833. The number of amidine groups is 1. The van der Waals surface area contributed by atoms with E-state index in [1.54, 1.807) is 12.2 Å². The number of alkyl halides is 3. The first kappa shape index (κ1) is 18.0. The molecule has 0 saturated carbocycles. The highest BCUT2D eigenvalue weighted by Crippen LogP contribution is 2.41. The molecule has 3 nitrogen and oxygen atoms in total. The number of nitrogens with one attached hydrogen (secondary N) is 1. The predicted molar refractivity (Wildman–Crippen MR) is 97.8 cm³/mol.